The Morgan fingerprint density at radius 2 is 0.408 bits per heavy atom. The summed E-state index contributed by atoms with van der Waals surface area (Å²) in [6.07, 6.45) is 0. The summed E-state index contributed by atoms with van der Waals surface area (Å²) in [4.78, 5) is 0. The minimum atomic E-state index is -0.0583. The molecule has 0 N–H and O–H groups in total. The minimum absolute atomic E-state index is 0.0553. The van der Waals surface area contributed by atoms with Crippen LogP contribution in [-0.2, 0) is 10.8 Å². The Balaban J connectivity index is 0.000000137. The van der Waals surface area contributed by atoms with Crippen LogP contribution in [0, 0.1) is 0 Å². The molecule has 0 aromatic heterocycles. The summed E-state index contributed by atoms with van der Waals surface area (Å²) in [5, 5.41) is 20.5. The van der Waals surface area contributed by atoms with Gasteiger partial charge in [0.15, 0.2) is 0 Å². The summed E-state index contributed by atoms with van der Waals surface area (Å²) >= 11 is 0. The second-order valence-corrected chi connectivity index (χ2v) is 28.2. The molecule has 20 rings (SSSR count). The smallest absolute Gasteiger partial charge is 0.0159 e. The van der Waals surface area contributed by atoms with Crippen LogP contribution in [0.5, 0.6) is 0 Å². The molecule has 0 nitrogen and oxygen atoms in total. The van der Waals surface area contributed by atoms with E-state index in [1.807, 2.05) is 0 Å². The van der Waals surface area contributed by atoms with Crippen molar-refractivity contribution in [3.8, 4) is 89.0 Å². The zero-order chi connectivity index (χ0) is 65.4. The molecule has 18 aromatic rings. The maximum Gasteiger partial charge on any atom is 0.0159 e. The standard InChI is InChI=1S/2C49H34/c1-49(2)45-25-24-38(29-43(45)44-28-34-14-5-6-15-35(34)30-46(44)49)48-41-20-9-7-18-39(41)47(40-19-8-10-21-42(40)48)37-17-11-16-33(27-37)36-23-22-31-12-3-4-13-32(31)26-36;1-49(2)45-26-25-38(29-43(45)44-28-35-13-5-6-14-36(35)30-46(44)49)48-41-17-9-7-15-39(41)47(40-16-8-10-18-42(40)48)33-22-19-32(20-23-33)37-24-21-31-11-3-4-12-34(31)27-37/h2*3-30H,1-2H3. The molecule has 2 aliphatic rings. The van der Waals surface area contributed by atoms with Crippen molar-refractivity contribution >= 4 is 86.2 Å². The van der Waals surface area contributed by atoms with E-state index in [4.69, 9.17) is 0 Å². The molecule has 0 atom stereocenters. The summed E-state index contributed by atoms with van der Waals surface area (Å²) in [5.41, 5.74) is 26.1. The van der Waals surface area contributed by atoms with Gasteiger partial charge in [-0.2, -0.15) is 0 Å². The molecule has 0 heterocycles. The molecule has 0 spiro atoms. The number of hydrogen-bond donors (Lipinski definition) is 0. The highest BCUT2D eigenvalue weighted by atomic mass is 14.4. The lowest BCUT2D eigenvalue weighted by Crippen LogP contribution is -2.14. The van der Waals surface area contributed by atoms with Crippen molar-refractivity contribution in [2.24, 2.45) is 0 Å². The third-order valence-electron chi connectivity index (χ3n) is 22.0. The predicted molar refractivity (Wildman–Crippen MR) is 421 cm³/mol. The van der Waals surface area contributed by atoms with Crippen molar-refractivity contribution in [2.45, 2.75) is 38.5 Å². The van der Waals surface area contributed by atoms with Crippen molar-refractivity contribution < 1.29 is 0 Å². The molecule has 98 heavy (non-hydrogen) atoms. The second-order valence-electron chi connectivity index (χ2n) is 28.2. The van der Waals surface area contributed by atoms with Gasteiger partial charge in [0, 0.05) is 10.8 Å². The highest BCUT2D eigenvalue weighted by Gasteiger charge is 2.38. The van der Waals surface area contributed by atoms with Gasteiger partial charge in [0.25, 0.3) is 0 Å². The van der Waals surface area contributed by atoms with Crippen LogP contribution < -0.4 is 0 Å². The fourth-order valence-corrected chi connectivity index (χ4v) is 17.1. The van der Waals surface area contributed by atoms with Gasteiger partial charge in [-0.15, -0.1) is 0 Å². The van der Waals surface area contributed by atoms with Crippen molar-refractivity contribution in [2.75, 3.05) is 0 Å². The Morgan fingerprint density at radius 3 is 0.796 bits per heavy atom. The van der Waals surface area contributed by atoms with E-state index in [2.05, 4.69) is 367 Å². The van der Waals surface area contributed by atoms with Crippen LogP contribution in [-0.4, -0.2) is 0 Å². The Bertz CT molecular complexity index is 6240. The van der Waals surface area contributed by atoms with E-state index in [0.29, 0.717) is 0 Å². The van der Waals surface area contributed by atoms with E-state index in [-0.39, 0.29) is 10.8 Å². The Morgan fingerprint density at radius 1 is 0.153 bits per heavy atom. The third kappa shape index (κ3) is 9.12. The zero-order valence-corrected chi connectivity index (χ0v) is 55.3. The molecule has 0 saturated heterocycles. The maximum absolute atomic E-state index is 2.46. The van der Waals surface area contributed by atoms with Crippen LogP contribution in [0.15, 0.2) is 340 Å². The third-order valence-corrected chi connectivity index (χ3v) is 22.0. The normalized spacial score (nSPS) is 13.3. The quantitative estimate of drug-likeness (QED) is 0.146. The van der Waals surface area contributed by atoms with Crippen molar-refractivity contribution in [1.29, 1.82) is 0 Å². The van der Waals surface area contributed by atoms with Gasteiger partial charge in [-0.1, -0.05) is 313 Å². The largest absolute Gasteiger partial charge is 0.0616 e. The number of benzene rings is 18. The van der Waals surface area contributed by atoms with Crippen LogP contribution in [0.4, 0.5) is 0 Å². The Hall–Kier alpha value is -12.0. The lowest BCUT2D eigenvalue weighted by Gasteiger charge is -2.22. The van der Waals surface area contributed by atoms with Crippen molar-refractivity contribution in [3.63, 3.8) is 0 Å². The molecular weight excluding hydrogens is 1180 g/mol. The first-order valence-electron chi connectivity index (χ1n) is 34.5. The molecule has 0 aliphatic heterocycles. The van der Waals surface area contributed by atoms with Gasteiger partial charge in [0.05, 0.1) is 0 Å². The zero-order valence-electron chi connectivity index (χ0n) is 55.3. The molecule has 0 bridgehead atoms. The molecule has 18 aromatic carbocycles. The molecule has 0 saturated carbocycles. The monoisotopic (exact) mass is 1240 g/mol. The topological polar surface area (TPSA) is 0 Å². The van der Waals surface area contributed by atoms with E-state index in [1.165, 1.54) is 197 Å². The van der Waals surface area contributed by atoms with E-state index < -0.39 is 0 Å². The first kappa shape index (κ1) is 57.5. The first-order chi connectivity index (χ1) is 48.1. The molecule has 0 radical (unpaired) electrons. The van der Waals surface area contributed by atoms with Gasteiger partial charge in [-0.05, 0) is 252 Å². The van der Waals surface area contributed by atoms with Gasteiger partial charge in [0.1, 0.15) is 0 Å². The molecule has 0 fully saturated rings. The van der Waals surface area contributed by atoms with E-state index >= 15 is 0 Å². The maximum atomic E-state index is 2.46. The van der Waals surface area contributed by atoms with Gasteiger partial charge in [-0.25, -0.2) is 0 Å². The Labute approximate surface area is 572 Å². The van der Waals surface area contributed by atoms with Gasteiger partial charge < -0.3 is 0 Å². The SMILES string of the molecule is CC1(C)c2ccc(-c3c4ccccc4c(-c4ccc(-c5ccc6ccccc6c5)cc4)c4ccccc34)cc2-c2cc3ccccc3cc21.CC1(C)c2ccc(-c3c4ccccc4c(-c4cccc(-c5ccc6ccccc6c5)c4)c4ccccc34)cc2-c2cc3ccccc3cc21. The van der Waals surface area contributed by atoms with Gasteiger partial charge >= 0.3 is 0 Å². The lowest BCUT2D eigenvalue weighted by atomic mass is 9.81. The van der Waals surface area contributed by atoms with E-state index in [9.17, 15) is 0 Å². The fraction of sp³-hybridized carbons (Fsp3) is 0.0612. The summed E-state index contributed by atoms with van der Waals surface area (Å²) < 4.78 is 0. The van der Waals surface area contributed by atoms with Gasteiger partial charge in [-0.3, -0.25) is 0 Å². The summed E-state index contributed by atoms with van der Waals surface area (Å²) in [5.74, 6) is 0. The minimum Gasteiger partial charge on any atom is -0.0616 e. The Kier molecular flexibility index (Phi) is 13.1. The number of rotatable bonds is 6. The molecule has 0 unspecified atom stereocenters. The second kappa shape index (κ2) is 22.3. The van der Waals surface area contributed by atoms with Crippen molar-refractivity contribution in [3.05, 3.63) is 362 Å². The highest BCUT2D eigenvalue weighted by molar-refractivity contribution is 6.23. The summed E-state index contributed by atoms with van der Waals surface area (Å²) in [6.45, 7) is 9.49. The summed E-state index contributed by atoms with van der Waals surface area (Å²) in [6, 6.07) is 126. The van der Waals surface area contributed by atoms with Crippen molar-refractivity contribution in [1.82, 2.24) is 0 Å². The van der Waals surface area contributed by atoms with E-state index in [0.717, 1.165) is 0 Å². The molecule has 0 amide bonds. The number of fused-ring (bicyclic) bond motifs is 14. The van der Waals surface area contributed by atoms with Crippen LogP contribution in [0.2, 0.25) is 0 Å². The first-order valence-corrected chi connectivity index (χ1v) is 34.5. The molecule has 2 aliphatic carbocycles. The van der Waals surface area contributed by atoms with Crippen LogP contribution in [0.1, 0.15) is 49.9 Å². The molecule has 460 valence electrons. The fourth-order valence-electron chi connectivity index (χ4n) is 17.1. The van der Waals surface area contributed by atoms with Crippen LogP contribution in [0.25, 0.3) is 175 Å². The highest BCUT2D eigenvalue weighted by Crippen LogP contribution is 2.55. The lowest BCUT2D eigenvalue weighted by molar-refractivity contribution is 0.661. The summed E-state index contributed by atoms with van der Waals surface area (Å²) in [7, 11) is 0. The molecular formula is C98H68. The van der Waals surface area contributed by atoms with E-state index in [1.54, 1.807) is 0 Å². The van der Waals surface area contributed by atoms with Crippen LogP contribution in [0.3, 0.4) is 0 Å². The van der Waals surface area contributed by atoms with Crippen LogP contribution >= 0.6 is 0 Å². The average molecular weight is 1250 g/mol. The molecule has 0 heteroatoms. The van der Waals surface area contributed by atoms with Gasteiger partial charge in [0.2, 0.25) is 0 Å². The average Bonchev–Trinajstić information content (AvgIpc) is 1.61. The predicted octanol–water partition coefficient (Wildman–Crippen LogP) is 27.2. The number of hydrogen-bond acceptors (Lipinski definition) is 0.